The largest absolute Gasteiger partial charge is 0.487 e. The Bertz CT molecular complexity index is 1940. The maximum atomic E-state index is 13.2. The number of ether oxygens (including phenoxy) is 7. The third-order valence-electron chi connectivity index (χ3n) is 8.84. The van der Waals surface area contributed by atoms with Crippen LogP contribution in [0.2, 0.25) is 0 Å². The van der Waals surface area contributed by atoms with Gasteiger partial charge >= 0.3 is 12.1 Å². The van der Waals surface area contributed by atoms with Gasteiger partial charge in [-0.2, -0.15) is 5.10 Å². The van der Waals surface area contributed by atoms with Crippen molar-refractivity contribution in [1.29, 1.82) is 0 Å². The summed E-state index contributed by atoms with van der Waals surface area (Å²) in [5, 5.41) is 9.11. The summed E-state index contributed by atoms with van der Waals surface area (Å²) in [4.78, 5) is 68.1. The lowest BCUT2D eigenvalue weighted by atomic mass is 10.1. The monoisotopic (exact) mass is 874 g/mol. The summed E-state index contributed by atoms with van der Waals surface area (Å²) in [6.45, 7) is 8.29. The number of carbonyl (C=O) groups excluding carboxylic acids is 5. The fraction of sp³-hybridized carbons (Fsp3) is 0.444. The highest BCUT2D eigenvalue weighted by Crippen LogP contribution is 2.22. The molecule has 0 saturated heterocycles. The molecule has 4 N–H and O–H groups in total. The molecule has 0 aliphatic carbocycles. The van der Waals surface area contributed by atoms with E-state index in [0.29, 0.717) is 55.6 Å². The van der Waals surface area contributed by atoms with Crippen LogP contribution in [0.3, 0.4) is 0 Å². The zero-order chi connectivity index (χ0) is 45.3. The number of hydrogen-bond acceptors (Lipinski definition) is 15. The van der Waals surface area contributed by atoms with Crippen molar-refractivity contribution in [2.24, 2.45) is 15.9 Å². The summed E-state index contributed by atoms with van der Waals surface area (Å²) in [6.07, 6.45) is 1.11. The normalized spacial score (nSPS) is 13.2. The van der Waals surface area contributed by atoms with E-state index < -0.39 is 23.7 Å². The van der Waals surface area contributed by atoms with Crippen LogP contribution in [0, 0.1) is 0 Å². The SMILES string of the molecule is CC(C)(C)OC(=O)NCCN=CC(COc1ccc(CC(NC(=O)CCOCCOCCOCCOCCN2C(=O)c3ccccc3C2=O)C(=O)OCc2ccccc2)cc1)=NN. The van der Waals surface area contributed by atoms with Gasteiger partial charge in [0.25, 0.3) is 11.8 Å². The molecule has 1 aliphatic rings. The minimum atomic E-state index is -0.963. The van der Waals surface area contributed by atoms with Crippen molar-refractivity contribution in [2.45, 2.75) is 51.9 Å². The molecule has 1 heterocycles. The first-order chi connectivity index (χ1) is 30.4. The van der Waals surface area contributed by atoms with Gasteiger partial charge in [0, 0.05) is 25.6 Å². The van der Waals surface area contributed by atoms with Crippen LogP contribution in [0.15, 0.2) is 89.0 Å². The lowest BCUT2D eigenvalue weighted by Gasteiger charge is -2.19. The number of aliphatic imine (C=N–C) groups is 1. The van der Waals surface area contributed by atoms with Gasteiger partial charge in [0.2, 0.25) is 5.91 Å². The Hall–Kier alpha value is -6.21. The quantitative estimate of drug-likeness (QED) is 0.0237. The molecule has 340 valence electrons. The van der Waals surface area contributed by atoms with Crippen LogP contribution in [-0.4, -0.2) is 137 Å². The lowest BCUT2D eigenvalue weighted by molar-refractivity contribution is -0.149. The second-order valence-electron chi connectivity index (χ2n) is 14.9. The number of nitrogens with one attached hydrogen (secondary N) is 2. The fourth-order valence-electron chi connectivity index (χ4n) is 5.74. The van der Waals surface area contributed by atoms with Gasteiger partial charge in [0.05, 0.1) is 77.1 Å². The van der Waals surface area contributed by atoms with Gasteiger partial charge in [-0.05, 0) is 56.2 Å². The first kappa shape index (κ1) is 49.4. The fourth-order valence-corrected chi connectivity index (χ4v) is 5.74. The van der Waals surface area contributed by atoms with Crippen molar-refractivity contribution in [2.75, 3.05) is 79.1 Å². The Balaban J connectivity index is 1.09. The van der Waals surface area contributed by atoms with Gasteiger partial charge in [0.15, 0.2) is 0 Å². The number of carbonyl (C=O) groups is 5. The first-order valence-corrected chi connectivity index (χ1v) is 20.6. The number of fused-ring (bicyclic) bond motifs is 1. The van der Waals surface area contributed by atoms with Gasteiger partial charge < -0.3 is 49.6 Å². The molecule has 4 rings (SSSR count). The Kier molecular flexibility index (Phi) is 21.2. The zero-order valence-corrected chi connectivity index (χ0v) is 36.1. The van der Waals surface area contributed by atoms with Crippen LogP contribution in [0.25, 0.3) is 0 Å². The summed E-state index contributed by atoms with van der Waals surface area (Å²) in [5.74, 6) is 4.43. The summed E-state index contributed by atoms with van der Waals surface area (Å²) in [7, 11) is 0. The van der Waals surface area contributed by atoms with Crippen LogP contribution in [0.1, 0.15) is 59.0 Å². The molecule has 3 aromatic rings. The number of hydrogen-bond donors (Lipinski definition) is 3. The zero-order valence-electron chi connectivity index (χ0n) is 36.1. The topological polar surface area (TPSA) is 228 Å². The maximum absolute atomic E-state index is 13.2. The number of nitrogens with zero attached hydrogens (tertiary/aromatic N) is 3. The van der Waals surface area contributed by atoms with Crippen LogP contribution < -0.4 is 21.2 Å². The Morgan fingerprint density at radius 1 is 0.762 bits per heavy atom. The van der Waals surface area contributed by atoms with Crippen molar-refractivity contribution >= 4 is 41.7 Å². The highest BCUT2D eigenvalue weighted by atomic mass is 16.6. The molecule has 63 heavy (non-hydrogen) atoms. The third-order valence-corrected chi connectivity index (χ3v) is 8.84. The molecule has 3 aromatic carbocycles. The third kappa shape index (κ3) is 18.7. The van der Waals surface area contributed by atoms with Crippen molar-refractivity contribution in [3.8, 4) is 5.75 Å². The first-order valence-electron chi connectivity index (χ1n) is 20.6. The van der Waals surface area contributed by atoms with Crippen LogP contribution in [0.4, 0.5) is 4.79 Å². The summed E-state index contributed by atoms with van der Waals surface area (Å²) in [6, 6.07) is 22.0. The van der Waals surface area contributed by atoms with Crippen molar-refractivity contribution in [3.05, 3.63) is 101 Å². The standard InChI is InChI=1S/C45H58N6O12/c1-45(2,3)63-44(56)48-19-18-47-30-35(50-46)32-61-36-15-13-33(14-16-36)29-39(43(55)62-31-34-9-5-4-6-10-34)49-40(52)17-21-57-23-25-59-27-28-60-26-24-58-22-20-51-41(53)37-11-7-8-12-38(37)42(51)54/h4-16,30,39H,17-29,31-32,46H2,1-3H3,(H,48,56)(H,49,52). The Morgan fingerprint density at radius 2 is 1.35 bits per heavy atom. The number of nitrogens with two attached hydrogens (primary N) is 1. The average molecular weight is 875 g/mol. The van der Waals surface area contributed by atoms with Crippen LogP contribution in [0.5, 0.6) is 5.75 Å². The number of benzene rings is 3. The number of rotatable bonds is 28. The number of alkyl carbamates (subject to hydrolysis) is 1. The van der Waals surface area contributed by atoms with E-state index in [4.69, 9.17) is 39.0 Å². The minimum Gasteiger partial charge on any atom is -0.487 e. The molecular weight excluding hydrogens is 817 g/mol. The molecule has 1 aliphatic heterocycles. The number of amides is 4. The summed E-state index contributed by atoms with van der Waals surface area (Å²) < 4.78 is 38.7. The molecule has 4 amide bonds. The van der Waals surface area contributed by atoms with Gasteiger partial charge in [-0.15, -0.1) is 0 Å². The van der Waals surface area contributed by atoms with Crippen LogP contribution in [-0.2, 0) is 51.0 Å². The Morgan fingerprint density at radius 3 is 1.95 bits per heavy atom. The highest BCUT2D eigenvalue weighted by molar-refractivity contribution is 6.31. The van der Waals surface area contributed by atoms with Gasteiger partial charge in [-0.1, -0.05) is 54.6 Å². The Labute approximate surface area is 367 Å². The second-order valence-corrected chi connectivity index (χ2v) is 14.9. The number of esters is 1. The molecule has 0 bridgehead atoms. The number of imide groups is 1. The molecule has 0 fully saturated rings. The predicted molar refractivity (Wildman–Crippen MR) is 233 cm³/mol. The van der Waals surface area contributed by atoms with Gasteiger partial charge in [-0.25, -0.2) is 9.59 Å². The lowest BCUT2D eigenvalue weighted by Crippen LogP contribution is -2.43. The van der Waals surface area contributed by atoms with E-state index in [1.165, 1.54) is 11.1 Å². The molecule has 1 atom stereocenters. The highest BCUT2D eigenvalue weighted by Gasteiger charge is 2.34. The predicted octanol–water partition coefficient (Wildman–Crippen LogP) is 3.50. The van der Waals surface area contributed by atoms with E-state index >= 15 is 0 Å². The average Bonchev–Trinajstić information content (AvgIpc) is 3.51. The minimum absolute atomic E-state index is 0.0138. The molecule has 0 saturated carbocycles. The van der Waals surface area contributed by atoms with E-state index in [0.717, 1.165) is 11.1 Å². The summed E-state index contributed by atoms with van der Waals surface area (Å²) in [5.41, 5.74) is 2.16. The second kappa shape index (κ2) is 27.0. The van der Waals surface area contributed by atoms with E-state index in [2.05, 4.69) is 20.7 Å². The summed E-state index contributed by atoms with van der Waals surface area (Å²) >= 11 is 0. The molecule has 1 unspecified atom stereocenters. The van der Waals surface area contributed by atoms with E-state index in [1.807, 2.05) is 30.3 Å². The van der Waals surface area contributed by atoms with Crippen LogP contribution >= 0.6 is 0 Å². The van der Waals surface area contributed by atoms with E-state index in [9.17, 15) is 24.0 Å². The molecule has 18 heteroatoms. The smallest absolute Gasteiger partial charge is 0.407 e. The molecule has 0 radical (unpaired) electrons. The molecule has 18 nitrogen and oxygen atoms in total. The van der Waals surface area contributed by atoms with Gasteiger partial charge in [0.1, 0.15) is 36.3 Å². The van der Waals surface area contributed by atoms with E-state index in [1.54, 1.807) is 69.3 Å². The van der Waals surface area contributed by atoms with E-state index in [-0.39, 0.29) is 83.2 Å². The maximum Gasteiger partial charge on any atom is 0.407 e. The molecule has 0 spiro atoms. The van der Waals surface area contributed by atoms with Crippen molar-refractivity contribution < 1.29 is 57.1 Å². The molecule has 0 aromatic heterocycles. The van der Waals surface area contributed by atoms with Crippen molar-refractivity contribution in [3.63, 3.8) is 0 Å². The van der Waals surface area contributed by atoms with Gasteiger partial charge in [-0.3, -0.25) is 24.3 Å². The van der Waals surface area contributed by atoms with Crippen molar-refractivity contribution in [1.82, 2.24) is 15.5 Å². The molecular formula is C45H58N6O12. The number of hydrazone groups is 1.